The van der Waals surface area contributed by atoms with E-state index in [2.05, 4.69) is 10.3 Å². The van der Waals surface area contributed by atoms with E-state index in [0.29, 0.717) is 11.9 Å². The van der Waals surface area contributed by atoms with Crippen molar-refractivity contribution in [2.24, 2.45) is 16.6 Å². The lowest BCUT2D eigenvalue weighted by molar-refractivity contribution is 0.257. The summed E-state index contributed by atoms with van der Waals surface area (Å²) in [5, 5.41) is 11.5. The van der Waals surface area contributed by atoms with Crippen LogP contribution in [0.3, 0.4) is 0 Å². The Morgan fingerprint density at radius 2 is 2.60 bits per heavy atom. The lowest BCUT2D eigenvalue weighted by Gasteiger charge is -2.19. The van der Waals surface area contributed by atoms with Crippen LogP contribution in [-0.4, -0.2) is 30.8 Å². The van der Waals surface area contributed by atoms with E-state index in [1.807, 2.05) is 0 Å². The molecule has 0 amide bonds. The van der Waals surface area contributed by atoms with Gasteiger partial charge in [-0.1, -0.05) is 0 Å². The van der Waals surface area contributed by atoms with Gasteiger partial charge in [0.1, 0.15) is 0 Å². The molecule has 0 saturated carbocycles. The van der Waals surface area contributed by atoms with E-state index in [-0.39, 0.29) is 6.61 Å². The average molecular weight is 143 g/mol. The maximum atomic E-state index is 8.58. The zero-order valence-corrected chi connectivity index (χ0v) is 5.88. The number of hydrogen-bond acceptors (Lipinski definition) is 4. The number of nitrogens with zero attached hydrogens (tertiary/aromatic N) is 1. The molecule has 4 N–H and O–H groups in total. The van der Waals surface area contributed by atoms with Gasteiger partial charge in [-0.3, -0.25) is 4.99 Å². The van der Waals surface area contributed by atoms with Crippen molar-refractivity contribution in [1.29, 1.82) is 0 Å². The van der Waals surface area contributed by atoms with Gasteiger partial charge in [-0.05, 0) is 12.3 Å². The normalized spacial score (nSPS) is 25.3. The molecule has 1 atom stereocenters. The lowest BCUT2D eigenvalue weighted by Crippen LogP contribution is -2.40. The minimum absolute atomic E-state index is 0.238. The molecule has 0 saturated heterocycles. The Bertz CT molecular complexity index is 135. The Labute approximate surface area is 60.1 Å². The van der Waals surface area contributed by atoms with Crippen LogP contribution in [0.25, 0.3) is 0 Å². The van der Waals surface area contributed by atoms with E-state index in [4.69, 9.17) is 10.8 Å². The van der Waals surface area contributed by atoms with Crippen LogP contribution in [0.15, 0.2) is 4.99 Å². The molecule has 58 valence electrons. The summed E-state index contributed by atoms with van der Waals surface area (Å²) < 4.78 is 0. The molecule has 4 nitrogen and oxygen atoms in total. The number of aliphatic imine (C=N–C) groups is 1. The molecular formula is C6H13N3O. The van der Waals surface area contributed by atoms with Crippen LogP contribution in [0.5, 0.6) is 0 Å². The molecule has 0 fully saturated rings. The standard InChI is InChI=1S/C6H13N3O/c7-6-8-3-5(1-2-10)4-9-6/h5,10H,1-4H2,(H3,7,8,9). The molecule has 0 radical (unpaired) electrons. The molecule has 1 heterocycles. The summed E-state index contributed by atoms with van der Waals surface area (Å²) in [5.74, 6) is 0.978. The highest BCUT2D eigenvalue weighted by molar-refractivity contribution is 5.78. The van der Waals surface area contributed by atoms with Gasteiger partial charge in [-0.15, -0.1) is 0 Å². The molecule has 0 aromatic carbocycles. The van der Waals surface area contributed by atoms with Gasteiger partial charge >= 0.3 is 0 Å². The Morgan fingerprint density at radius 3 is 3.10 bits per heavy atom. The van der Waals surface area contributed by atoms with E-state index in [9.17, 15) is 0 Å². The van der Waals surface area contributed by atoms with Crippen LogP contribution < -0.4 is 11.1 Å². The molecule has 0 aliphatic carbocycles. The Balaban J connectivity index is 2.27. The van der Waals surface area contributed by atoms with Gasteiger partial charge in [0.15, 0.2) is 5.96 Å². The second kappa shape index (κ2) is 3.41. The monoisotopic (exact) mass is 143 g/mol. The highest BCUT2D eigenvalue weighted by atomic mass is 16.3. The first-order valence-corrected chi connectivity index (χ1v) is 3.47. The van der Waals surface area contributed by atoms with E-state index < -0.39 is 0 Å². The summed E-state index contributed by atoms with van der Waals surface area (Å²) in [5.41, 5.74) is 5.37. The van der Waals surface area contributed by atoms with E-state index >= 15 is 0 Å². The number of guanidine groups is 1. The third-order valence-electron chi connectivity index (χ3n) is 1.63. The molecule has 1 rings (SSSR count). The SMILES string of the molecule is NC1=NCC(CCO)CN1. The number of aliphatic hydroxyl groups is 1. The summed E-state index contributed by atoms with van der Waals surface area (Å²) in [6.07, 6.45) is 0.809. The molecule has 1 aliphatic rings. The largest absolute Gasteiger partial charge is 0.396 e. The molecule has 4 heteroatoms. The van der Waals surface area contributed by atoms with Crippen LogP contribution in [-0.2, 0) is 0 Å². The summed E-state index contributed by atoms with van der Waals surface area (Å²) in [7, 11) is 0. The summed E-state index contributed by atoms with van der Waals surface area (Å²) in [4.78, 5) is 4.00. The molecule has 0 aromatic rings. The quantitative estimate of drug-likeness (QED) is 0.459. The fourth-order valence-corrected chi connectivity index (χ4v) is 0.973. The molecular weight excluding hydrogens is 130 g/mol. The van der Waals surface area contributed by atoms with Gasteiger partial charge < -0.3 is 16.2 Å². The second-order valence-electron chi connectivity index (χ2n) is 2.49. The fourth-order valence-electron chi connectivity index (χ4n) is 0.973. The van der Waals surface area contributed by atoms with E-state index in [0.717, 1.165) is 19.5 Å². The zero-order chi connectivity index (χ0) is 7.40. The summed E-state index contributed by atoms with van der Waals surface area (Å²) in [6.45, 7) is 1.83. The predicted molar refractivity (Wildman–Crippen MR) is 39.7 cm³/mol. The minimum atomic E-state index is 0.238. The van der Waals surface area contributed by atoms with Crippen molar-refractivity contribution < 1.29 is 5.11 Å². The van der Waals surface area contributed by atoms with E-state index in [1.54, 1.807) is 0 Å². The van der Waals surface area contributed by atoms with Gasteiger partial charge in [0.05, 0.1) is 0 Å². The summed E-state index contributed by atoms with van der Waals surface area (Å²) in [6, 6.07) is 0. The van der Waals surface area contributed by atoms with Crippen LogP contribution in [0.1, 0.15) is 6.42 Å². The number of nitrogens with two attached hydrogens (primary N) is 1. The topological polar surface area (TPSA) is 70.6 Å². The highest BCUT2D eigenvalue weighted by Crippen LogP contribution is 2.03. The average Bonchev–Trinajstić information content (AvgIpc) is 1.95. The molecule has 1 unspecified atom stereocenters. The van der Waals surface area contributed by atoms with E-state index in [1.165, 1.54) is 0 Å². The number of hydrogen-bond donors (Lipinski definition) is 3. The molecule has 0 aromatic heterocycles. The zero-order valence-electron chi connectivity index (χ0n) is 5.88. The van der Waals surface area contributed by atoms with Crippen molar-refractivity contribution in [2.45, 2.75) is 6.42 Å². The number of nitrogens with one attached hydrogen (secondary N) is 1. The number of rotatable bonds is 2. The van der Waals surface area contributed by atoms with Gasteiger partial charge in [-0.2, -0.15) is 0 Å². The van der Waals surface area contributed by atoms with Gasteiger partial charge in [0, 0.05) is 19.7 Å². The smallest absolute Gasteiger partial charge is 0.188 e. The van der Waals surface area contributed by atoms with Gasteiger partial charge in [-0.25, -0.2) is 0 Å². The maximum Gasteiger partial charge on any atom is 0.188 e. The Hall–Kier alpha value is -0.770. The number of aliphatic hydroxyl groups excluding tert-OH is 1. The van der Waals surface area contributed by atoms with Crippen molar-refractivity contribution >= 4 is 5.96 Å². The Kier molecular flexibility index (Phi) is 2.50. The van der Waals surface area contributed by atoms with Crippen molar-refractivity contribution in [3.05, 3.63) is 0 Å². The summed E-state index contributed by atoms with van der Waals surface area (Å²) >= 11 is 0. The van der Waals surface area contributed by atoms with Gasteiger partial charge in [0.2, 0.25) is 0 Å². The third-order valence-corrected chi connectivity index (χ3v) is 1.63. The highest BCUT2D eigenvalue weighted by Gasteiger charge is 2.11. The van der Waals surface area contributed by atoms with Crippen LogP contribution in [0.2, 0.25) is 0 Å². The first-order valence-electron chi connectivity index (χ1n) is 3.47. The predicted octanol–water partition coefficient (Wildman–Crippen LogP) is -1.10. The van der Waals surface area contributed by atoms with Crippen molar-refractivity contribution in [1.82, 2.24) is 5.32 Å². The molecule has 0 spiro atoms. The van der Waals surface area contributed by atoms with Crippen LogP contribution in [0.4, 0.5) is 0 Å². The maximum absolute atomic E-state index is 8.58. The van der Waals surface area contributed by atoms with Gasteiger partial charge in [0.25, 0.3) is 0 Å². The molecule has 0 bridgehead atoms. The fraction of sp³-hybridized carbons (Fsp3) is 0.833. The lowest BCUT2D eigenvalue weighted by atomic mass is 10.1. The van der Waals surface area contributed by atoms with Crippen molar-refractivity contribution in [2.75, 3.05) is 19.7 Å². The minimum Gasteiger partial charge on any atom is -0.396 e. The first-order chi connectivity index (χ1) is 4.83. The first kappa shape index (κ1) is 7.34. The molecule has 1 aliphatic heterocycles. The van der Waals surface area contributed by atoms with Crippen molar-refractivity contribution in [3.63, 3.8) is 0 Å². The second-order valence-corrected chi connectivity index (χ2v) is 2.49. The van der Waals surface area contributed by atoms with Crippen molar-refractivity contribution in [3.8, 4) is 0 Å². The van der Waals surface area contributed by atoms with Crippen LogP contribution >= 0.6 is 0 Å². The molecule has 10 heavy (non-hydrogen) atoms. The third kappa shape index (κ3) is 1.88. The Morgan fingerprint density at radius 1 is 1.80 bits per heavy atom. The van der Waals surface area contributed by atoms with Crippen LogP contribution in [0, 0.1) is 5.92 Å².